The Morgan fingerprint density at radius 1 is 1.09 bits per heavy atom. The number of hydrogen-bond donors (Lipinski definition) is 2. The third kappa shape index (κ3) is 6.06. The van der Waals surface area contributed by atoms with Crippen molar-refractivity contribution >= 4 is 51.2 Å². The molecule has 1 atom stereocenters. The maximum absolute atomic E-state index is 13.8. The number of halogens is 3. The van der Waals surface area contributed by atoms with Gasteiger partial charge in [-0.15, -0.1) is 5.10 Å². The Hall–Kier alpha value is -4.24. The molecule has 226 valence electrons. The van der Waals surface area contributed by atoms with Gasteiger partial charge < -0.3 is 15.1 Å². The number of piperidine rings is 1. The molecule has 0 radical (unpaired) electrons. The van der Waals surface area contributed by atoms with Crippen molar-refractivity contribution in [3.63, 3.8) is 0 Å². The maximum Gasteiger partial charge on any atom is 0.180 e. The number of nitriles is 1. The van der Waals surface area contributed by atoms with Crippen molar-refractivity contribution in [1.82, 2.24) is 29.9 Å². The van der Waals surface area contributed by atoms with Crippen molar-refractivity contribution in [2.75, 3.05) is 23.7 Å². The SMILES string of the molecule is CC(C)(C)N1CCC(n2cc(C(Nc3cc(Cl)c4ncc(C#N)c(Nc5ccc(F)c(Cl)c5)c4c3)c3cnco3)nn2)CC1. The standard InChI is InChI=1S/C31H30Cl2FN9O/c1-31(2,3)42-8-6-21(7-9-42)43-16-26(40-41-43)30(27-15-36-17-44-27)39-20-10-22-28(38-19-4-5-25(34)23(32)11-19)18(13-35)14-37-29(22)24(33)12-20/h4-5,10-12,14-17,21,30,39H,6-9H2,1-3H3,(H,37,38). The largest absolute Gasteiger partial charge is 0.446 e. The van der Waals surface area contributed by atoms with Gasteiger partial charge in [-0.3, -0.25) is 9.88 Å². The first-order valence-corrected chi connectivity index (χ1v) is 14.9. The van der Waals surface area contributed by atoms with Crippen LogP contribution in [0.5, 0.6) is 0 Å². The summed E-state index contributed by atoms with van der Waals surface area (Å²) < 4.78 is 21.5. The Bertz CT molecular complexity index is 1840. The Labute approximate surface area is 263 Å². The minimum atomic E-state index is -0.544. The van der Waals surface area contributed by atoms with Gasteiger partial charge in [0.15, 0.2) is 12.2 Å². The van der Waals surface area contributed by atoms with E-state index in [1.165, 1.54) is 30.8 Å². The molecular formula is C31H30Cl2FN9O. The van der Waals surface area contributed by atoms with Gasteiger partial charge in [-0.25, -0.2) is 14.1 Å². The molecule has 3 aromatic heterocycles. The Balaban J connectivity index is 1.33. The monoisotopic (exact) mass is 633 g/mol. The molecule has 44 heavy (non-hydrogen) atoms. The normalized spacial score (nSPS) is 15.3. The number of benzene rings is 2. The molecule has 0 spiro atoms. The lowest BCUT2D eigenvalue weighted by atomic mass is 9.98. The number of rotatable bonds is 7. The van der Waals surface area contributed by atoms with E-state index in [0.717, 1.165) is 25.9 Å². The summed E-state index contributed by atoms with van der Waals surface area (Å²) in [7, 11) is 0. The summed E-state index contributed by atoms with van der Waals surface area (Å²) in [5.41, 5.74) is 3.11. The number of likely N-dealkylation sites (tertiary alicyclic amines) is 1. The fraction of sp³-hybridized carbons (Fsp3) is 0.323. The van der Waals surface area contributed by atoms with Gasteiger partial charge in [0.2, 0.25) is 0 Å². The van der Waals surface area contributed by atoms with E-state index < -0.39 is 11.9 Å². The van der Waals surface area contributed by atoms with Gasteiger partial charge in [0.05, 0.1) is 45.2 Å². The van der Waals surface area contributed by atoms with E-state index in [-0.39, 0.29) is 22.2 Å². The summed E-state index contributed by atoms with van der Waals surface area (Å²) in [6, 6.07) is 9.69. The van der Waals surface area contributed by atoms with Crippen LogP contribution in [-0.4, -0.2) is 48.5 Å². The van der Waals surface area contributed by atoms with Crippen molar-refractivity contribution in [1.29, 1.82) is 5.26 Å². The number of nitrogens with one attached hydrogen (secondary N) is 2. The van der Waals surface area contributed by atoms with Crippen LogP contribution in [0.2, 0.25) is 10.0 Å². The molecule has 1 fully saturated rings. The van der Waals surface area contributed by atoms with E-state index >= 15 is 0 Å². The van der Waals surface area contributed by atoms with Crippen molar-refractivity contribution in [3.8, 4) is 6.07 Å². The zero-order chi connectivity index (χ0) is 31.0. The van der Waals surface area contributed by atoms with E-state index in [4.69, 9.17) is 27.6 Å². The van der Waals surface area contributed by atoms with E-state index in [1.807, 2.05) is 16.9 Å². The molecule has 1 aliphatic rings. The highest BCUT2D eigenvalue weighted by atomic mass is 35.5. The van der Waals surface area contributed by atoms with Crippen LogP contribution >= 0.6 is 23.2 Å². The Morgan fingerprint density at radius 3 is 2.55 bits per heavy atom. The van der Waals surface area contributed by atoms with Gasteiger partial charge in [-0.2, -0.15) is 5.26 Å². The number of hydrogen-bond acceptors (Lipinski definition) is 9. The second-order valence-electron chi connectivity index (χ2n) is 11.8. The molecule has 4 heterocycles. The lowest BCUT2D eigenvalue weighted by Gasteiger charge is -2.40. The number of nitrogens with zero attached hydrogens (tertiary/aromatic N) is 7. The minimum Gasteiger partial charge on any atom is -0.446 e. The van der Waals surface area contributed by atoms with Gasteiger partial charge in [0.25, 0.3) is 0 Å². The second-order valence-corrected chi connectivity index (χ2v) is 12.6. The molecule has 2 N–H and O–H groups in total. The third-order valence-corrected chi connectivity index (χ3v) is 8.47. The van der Waals surface area contributed by atoms with Crippen molar-refractivity contribution in [2.45, 2.75) is 51.2 Å². The van der Waals surface area contributed by atoms with Crippen molar-refractivity contribution in [2.24, 2.45) is 0 Å². The smallest absolute Gasteiger partial charge is 0.180 e. The molecule has 6 rings (SSSR count). The topological polar surface area (TPSA) is 121 Å². The molecule has 10 nitrogen and oxygen atoms in total. The first-order chi connectivity index (χ1) is 21.1. The quantitative estimate of drug-likeness (QED) is 0.187. The average Bonchev–Trinajstić information content (AvgIpc) is 3.71. The first-order valence-electron chi connectivity index (χ1n) is 14.2. The van der Waals surface area contributed by atoms with Gasteiger partial charge in [0, 0.05) is 41.6 Å². The predicted octanol–water partition coefficient (Wildman–Crippen LogP) is 7.51. The zero-order valence-electron chi connectivity index (χ0n) is 24.4. The van der Waals surface area contributed by atoms with Crippen LogP contribution in [0.1, 0.15) is 62.7 Å². The van der Waals surface area contributed by atoms with Gasteiger partial charge >= 0.3 is 0 Å². The molecular weight excluding hydrogens is 604 g/mol. The average molecular weight is 635 g/mol. The highest BCUT2D eigenvalue weighted by Crippen LogP contribution is 2.37. The van der Waals surface area contributed by atoms with Crippen LogP contribution in [-0.2, 0) is 0 Å². The van der Waals surface area contributed by atoms with Gasteiger partial charge in [0.1, 0.15) is 23.6 Å². The summed E-state index contributed by atoms with van der Waals surface area (Å²) >= 11 is 12.7. The summed E-state index contributed by atoms with van der Waals surface area (Å²) in [6.07, 6.45) is 8.33. The molecule has 0 saturated carbocycles. The highest BCUT2D eigenvalue weighted by Gasteiger charge is 2.29. The summed E-state index contributed by atoms with van der Waals surface area (Å²) in [5, 5.41) is 26.4. The molecule has 5 aromatic rings. The van der Waals surface area contributed by atoms with Crippen LogP contribution in [0.4, 0.5) is 21.5 Å². The molecule has 2 aromatic carbocycles. The fourth-order valence-electron chi connectivity index (χ4n) is 5.51. The highest BCUT2D eigenvalue weighted by molar-refractivity contribution is 6.36. The minimum absolute atomic E-state index is 0.0463. The van der Waals surface area contributed by atoms with E-state index in [9.17, 15) is 9.65 Å². The third-order valence-electron chi connectivity index (χ3n) is 7.89. The van der Waals surface area contributed by atoms with Crippen LogP contribution < -0.4 is 10.6 Å². The molecule has 1 aliphatic heterocycles. The van der Waals surface area contributed by atoms with E-state index in [0.29, 0.717) is 44.4 Å². The zero-order valence-corrected chi connectivity index (χ0v) is 25.9. The second kappa shape index (κ2) is 12.0. The molecule has 13 heteroatoms. The maximum atomic E-state index is 13.8. The number of oxazole rings is 1. The predicted molar refractivity (Wildman–Crippen MR) is 168 cm³/mol. The summed E-state index contributed by atoms with van der Waals surface area (Å²) in [4.78, 5) is 11.0. The Kier molecular flexibility index (Phi) is 8.16. The summed E-state index contributed by atoms with van der Waals surface area (Å²) in [6.45, 7) is 8.69. The van der Waals surface area contributed by atoms with Crippen LogP contribution in [0.25, 0.3) is 10.9 Å². The molecule has 0 aliphatic carbocycles. The number of anilines is 3. The molecule has 1 saturated heterocycles. The molecule has 0 bridgehead atoms. The lowest BCUT2D eigenvalue weighted by molar-refractivity contribution is 0.0866. The lowest BCUT2D eigenvalue weighted by Crippen LogP contribution is -2.46. The van der Waals surface area contributed by atoms with E-state index in [2.05, 4.69) is 62.7 Å². The van der Waals surface area contributed by atoms with Crippen molar-refractivity contribution < 1.29 is 8.81 Å². The number of pyridine rings is 1. The van der Waals surface area contributed by atoms with E-state index in [1.54, 1.807) is 12.3 Å². The van der Waals surface area contributed by atoms with Crippen LogP contribution in [0.3, 0.4) is 0 Å². The Morgan fingerprint density at radius 2 is 1.86 bits per heavy atom. The molecule has 0 amide bonds. The first kappa shape index (κ1) is 29.8. The fourth-order valence-corrected chi connectivity index (χ4v) is 5.96. The van der Waals surface area contributed by atoms with Gasteiger partial charge in [-0.05, 0) is 63.9 Å². The van der Waals surface area contributed by atoms with Crippen LogP contribution in [0, 0.1) is 17.1 Å². The van der Waals surface area contributed by atoms with Gasteiger partial charge in [-0.1, -0.05) is 28.4 Å². The summed E-state index contributed by atoms with van der Waals surface area (Å²) in [5.74, 6) is -0.00313. The number of fused-ring (bicyclic) bond motifs is 1. The number of aromatic nitrogens is 5. The van der Waals surface area contributed by atoms with Crippen molar-refractivity contribution in [3.05, 3.63) is 88.2 Å². The van der Waals surface area contributed by atoms with Crippen LogP contribution in [0.15, 0.2) is 59.7 Å². The molecule has 1 unspecified atom stereocenters.